The summed E-state index contributed by atoms with van der Waals surface area (Å²) in [5.74, 6) is 0. The number of thiocarbonyl (C=S) groups is 2. The highest BCUT2D eigenvalue weighted by Crippen LogP contribution is 2.11. The van der Waals surface area contributed by atoms with E-state index in [0.717, 1.165) is 5.56 Å². The number of hydrogen-bond acceptors (Lipinski definition) is 3. The Hall–Kier alpha value is -1.46. The molecule has 0 fully saturated rings. The molecule has 0 unspecified atom stereocenters. The van der Waals surface area contributed by atoms with Crippen molar-refractivity contribution < 1.29 is 9.84 Å². The van der Waals surface area contributed by atoms with Gasteiger partial charge in [-0.15, -0.1) is 0 Å². The molecule has 0 radical (unpaired) electrons. The third-order valence-corrected chi connectivity index (χ3v) is 3.68. The van der Waals surface area contributed by atoms with Crippen LogP contribution in [0.15, 0.2) is 65.7 Å². The Balaban J connectivity index is 0.000000272. The molecule has 0 bridgehead atoms. The van der Waals surface area contributed by atoms with Gasteiger partial charge in [0, 0.05) is 21.2 Å². The number of ether oxygens (including phenoxy) is 1. The normalized spacial score (nSPS) is 10.4. The molecule has 0 heterocycles. The van der Waals surface area contributed by atoms with Crippen LogP contribution in [0.2, 0.25) is 5.02 Å². The first-order valence-corrected chi connectivity index (χ1v) is 8.50. The Labute approximate surface area is 162 Å². The van der Waals surface area contributed by atoms with Gasteiger partial charge in [-0.2, -0.15) is 0 Å². The van der Waals surface area contributed by atoms with Gasteiger partial charge < -0.3 is 9.84 Å². The van der Waals surface area contributed by atoms with Crippen LogP contribution in [0.4, 0.5) is 0 Å². The monoisotopic (exact) mass is 398 g/mol. The number of aliphatic hydroxyl groups excluding tert-OH is 1. The average molecular weight is 399 g/mol. The van der Waals surface area contributed by atoms with Crippen LogP contribution in [0.1, 0.15) is 18.1 Å². The van der Waals surface area contributed by atoms with Crippen LogP contribution in [-0.2, 0) is 4.74 Å². The zero-order chi connectivity index (χ0) is 17.9. The Bertz CT molecular complexity index is 695. The van der Waals surface area contributed by atoms with E-state index in [1.807, 2.05) is 30.3 Å². The van der Waals surface area contributed by atoms with Gasteiger partial charge in [-0.1, -0.05) is 53.5 Å². The van der Waals surface area contributed by atoms with Crippen molar-refractivity contribution in [2.45, 2.75) is 6.92 Å². The molecule has 0 aliphatic heterocycles. The van der Waals surface area contributed by atoms with Crippen LogP contribution < -0.4 is 0 Å². The van der Waals surface area contributed by atoms with Gasteiger partial charge in [0.15, 0.2) is 10.1 Å². The third kappa shape index (κ3) is 8.41. The van der Waals surface area contributed by atoms with E-state index in [1.54, 1.807) is 37.3 Å². The van der Waals surface area contributed by atoms with Crippen LogP contribution in [0.3, 0.4) is 0 Å². The van der Waals surface area contributed by atoms with Crippen LogP contribution in [-0.4, -0.2) is 21.8 Å². The molecule has 0 amide bonds. The summed E-state index contributed by atoms with van der Waals surface area (Å²) >= 11 is 21.0. The predicted molar refractivity (Wildman–Crippen MR) is 109 cm³/mol. The average Bonchev–Trinajstić information content (AvgIpc) is 2.56. The fraction of sp³-hybridized carbons (Fsp3) is 0.111. The molecule has 0 aliphatic rings. The molecule has 2 aromatic carbocycles. The summed E-state index contributed by atoms with van der Waals surface area (Å²) in [7, 11) is 0. The van der Waals surface area contributed by atoms with Gasteiger partial charge in [0.05, 0.1) is 0 Å². The summed E-state index contributed by atoms with van der Waals surface area (Å²) in [6.07, 6.45) is 1.75. The van der Waals surface area contributed by atoms with Crippen LogP contribution in [0.25, 0.3) is 0 Å². The second-order valence-corrected chi connectivity index (χ2v) is 6.36. The van der Waals surface area contributed by atoms with Crippen molar-refractivity contribution in [1.82, 2.24) is 0 Å². The molecule has 0 saturated carbocycles. The van der Waals surface area contributed by atoms with Crippen molar-refractivity contribution in [3.8, 4) is 0 Å². The third-order valence-electron chi connectivity index (χ3n) is 2.68. The van der Waals surface area contributed by atoms with E-state index in [4.69, 9.17) is 45.3 Å². The van der Waals surface area contributed by atoms with Crippen molar-refractivity contribution in [2.75, 3.05) is 6.61 Å². The second kappa shape index (κ2) is 11.2. The molecule has 2 rings (SSSR count). The first-order valence-electron chi connectivity index (χ1n) is 6.93. The number of hydrogen-bond donors (Lipinski definition) is 1. The van der Waals surface area contributed by atoms with Crippen molar-refractivity contribution in [3.05, 3.63) is 81.9 Å². The number of halogens is 2. The standard InChI is InChI=1S/C11H10Cl2OS.C7H6OS/c1-8(12)6-7-14-11(15)9-2-4-10(13)5-3-9;8-7(9)6-4-2-1-3-5-6/h2-6H,7H2,1H3;1-5H,(H,8,9). The van der Waals surface area contributed by atoms with E-state index in [1.165, 1.54) is 0 Å². The molecule has 24 heavy (non-hydrogen) atoms. The Morgan fingerprint density at radius 2 is 1.62 bits per heavy atom. The minimum atomic E-state index is -0.0457. The first-order chi connectivity index (χ1) is 11.4. The lowest BCUT2D eigenvalue weighted by Gasteiger charge is -2.04. The second-order valence-electron chi connectivity index (χ2n) is 4.57. The maximum atomic E-state index is 8.76. The van der Waals surface area contributed by atoms with E-state index in [0.29, 0.717) is 27.3 Å². The van der Waals surface area contributed by atoms with Crippen molar-refractivity contribution in [2.24, 2.45) is 0 Å². The molecule has 0 spiro atoms. The molecule has 0 saturated heterocycles. The molecule has 2 aromatic rings. The lowest BCUT2D eigenvalue weighted by molar-refractivity contribution is 0.361. The molecule has 0 atom stereocenters. The molecule has 0 aromatic heterocycles. The number of benzene rings is 2. The van der Waals surface area contributed by atoms with E-state index in [-0.39, 0.29) is 5.05 Å². The molecule has 1 N–H and O–H groups in total. The Morgan fingerprint density at radius 1 is 1.04 bits per heavy atom. The summed E-state index contributed by atoms with van der Waals surface area (Å²) in [5, 5.41) is 10.5. The summed E-state index contributed by atoms with van der Waals surface area (Å²) in [5.41, 5.74) is 1.54. The largest absolute Gasteiger partial charge is 0.499 e. The van der Waals surface area contributed by atoms with Gasteiger partial charge in [0.2, 0.25) is 0 Å². The van der Waals surface area contributed by atoms with E-state index in [2.05, 4.69) is 12.2 Å². The molecule has 0 aliphatic carbocycles. The summed E-state index contributed by atoms with van der Waals surface area (Å²) < 4.78 is 5.31. The van der Waals surface area contributed by atoms with Crippen LogP contribution in [0.5, 0.6) is 0 Å². The fourth-order valence-corrected chi connectivity index (χ4v) is 2.01. The van der Waals surface area contributed by atoms with E-state index >= 15 is 0 Å². The summed E-state index contributed by atoms with van der Waals surface area (Å²) in [6.45, 7) is 2.17. The minimum Gasteiger partial charge on any atom is -0.499 e. The lowest BCUT2D eigenvalue weighted by atomic mass is 10.2. The van der Waals surface area contributed by atoms with Crippen LogP contribution in [0, 0.1) is 0 Å². The van der Waals surface area contributed by atoms with Crippen LogP contribution >= 0.6 is 47.6 Å². The smallest absolute Gasteiger partial charge is 0.191 e. The van der Waals surface area contributed by atoms with Gasteiger partial charge in [-0.25, -0.2) is 0 Å². The quantitative estimate of drug-likeness (QED) is 0.630. The molecule has 126 valence electrons. The Kier molecular flexibility index (Phi) is 9.57. The topological polar surface area (TPSA) is 29.5 Å². The fourth-order valence-electron chi connectivity index (χ4n) is 1.48. The van der Waals surface area contributed by atoms with Crippen molar-refractivity contribution in [1.29, 1.82) is 0 Å². The molecular weight excluding hydrogens is 383 g/mol. The van der Waals surface area contributed by atoms with Gasteiger partial charge >= 0.3 is 0 Å². The highest BCUT2D eigenvalue weighted by atomic mass is 35.5. The van der Waals surface area contributed by atoms with Crippen molar-refractivity contribution in [3.63, 3.8) is 0 Å². The zero-order valence-corrected chi connectivity index (χ0v) is 16.1. The zero-order valence-electron chi connectivity index (χ0n) is 12.9. The van der Waals surface area contributed by atoms with Gasteiger partial charge in [-0.3, -0.25) is 0 Å². The summed E-state index contributed by atoms with van der Waals surface area (Å²) in [4.78, 5) is 0. The SMILES string of the molecule is CC(Cl)=CCOC(=S)c1ccc(Cl)cc1.OC(=S)c1ccccc1. The van der Waals surface area contributed by atoms with Gasteiger partial charge in [-0.05, 0) is 61.7 Å². The van der Waals surface area contributed by atoms with Gasteiger partial charge in [0.25, 0.3) is 0 Å². The van der Waals surface area contributed by atoms with Crippen molar-refractivity contribution >= 4 is 57.7 Å². The maximum Gasteiger partial charge on any atom is 0.191 e. The molecular formula is C18H16Cl2O2S2. The highest BCUT2D eigenvalue weighted by Gasteiger charge is 2.00. The first kappa shape index (κ1) is 20.6. The maximum absolute atomic E-state index is 8.76. The predicted octanol–water partition coefficient (Wildman–Crippen LogP) is 6.09. The number of rotatable bonds is 4. The summed E-state index contributed by atoms with van der Waals surface area (Å²) in [6, 6.07) is 16.3. The number of aliphatic hydroxyl groups is 1. The lowest BCUT2D eigenvalue weighted by Crippen LogP contribution is -2.03. The minimum absolute atomic E-state index is 0.0457. The van der Waals surface area contributed by atoms with E-state index in [9.17, 15) is 0 Å². The molecule has 6 heteroatoms. The highest BCUT2D eigenvalue weighted by molar-refractivity contribution is 7.80. The number of allylic oxidation sites excluding steroid dienone is 1. The van der Waals surface area contributed by atoms with Gasteiger partial charge in [0.1, 0.15) is 6.61 Å². The molecule has 2 nitrogen and oxygen atoms in total. The Morgan fingerprint density at radius 3 is 2.08 bits per heavy atom. The van der Waals surface area contributed by atoms with E-state index < -0.39 is 0 Å².